The number of carboxylic acid groups (broad SMARTS) is 1. The second kappa shape index (κ2) is 7.92. The van der Waals surface area contributed by atoms with Gasteiger partial charge in [0.2, 0.25) is 0 Å². The Morgan fingerprint density at radius 1 is 1.39 bits per heavy atom. The molecule has 6 heteroatoms. The van der Waals surface area contributed by atoms with Gasteiger partial charge in [-0.25, -0.2) is 4.79 Å². The quantitative estimate of drug-likeness (QED) is 0.694. The van der Waals surface area contributed by atoms with E-state index in [-0.39, 0.29) is 12.5 Å². The third-order valence-corrected chi connectivity index (χ3v) is 3.15. The topological polar surface area (TPSA) is 78.9 Å². The Hall–Kier alpha value is -1.30. The maximum absolute atomic E-state index is 11.7. The lowest BCUT2D eigenvalue weighted by Crippen LogP contribution is -2.45. The van der Waals surface area contributed by atoms with Gasteiger partial charge in [0.1, 0.15) is 0 Å². The van der Waals surface area contributed by atoms with E-state index < -0.39 is 5.97 Å². The fourth-order valence-electron chi connectivity index (χ4n) is 2.09. The molecule has 0 bridgehead atoms. The first-order chi connectivity index (χ1) is 8.63. The number of amides is 2. The summed E-state index contributed by atoms with van der Waals surface area (Å²) in [5, 5.41) is 11.2. The number of rotatable bonds is 6. The van der Waals surface area contributed by atoms with Crippen LogP contribution in [0.25, 0.3) is 0 Å². The van der Waals surface area contributed by atoms with E-state index in [2.05, 4.69) is 5.32 Å². The smallest absolute Gasteiger partial charge is 0.317 e. The number of carbonyl (C=O) groups is 2. The van der Waals surface area contributed by atoms with Gasteiger partial charge in [0.15, 0.2) is 0 Å². The van der Waals surface area contributed by atoms with E-state index in [1.165, 1.54) is 0 Å². The number of likely N-dealkylation sites (tertiary alicyclic amines) is 1. The average Bonchev–Trinajstić information content (AvgIpc) is 2.35. The van der Waals surface area contributed by atoms with Crippen molar-refractivity contribution in [3.05, 3.63) is 0 Å². The number of piperidine rings is 1. The molecule has 1 rings (SSSR count). The first-order valence-corrected chi connectivity index (χ1v) is 6.37. The molecule has 2 amide bonds. The summed E-state index contributed by atoms with van der Waals surface area (Å²) in [6.45, 7) is 2.68. The fraction of sp³-hybridized carbons (Fsp3) is 0.833. The Balaban J connectivity index is 2.14. The summed E-state index contributed by atoms with van der Waals surface area (Å²) in [6.07, 6.45) is 2.50. The first-order valence-electron chi connectivity index (χ1n) is 6.37. The molecule has 0 unspecified atom stereocenters. The summed E-state index contributed by atoms with van der Waals surface area (Å²) in [5.41, 5.74) is 0. The minimum Gasteiger partial charge on any atom is -0.481 e. The molecular formula is C12H22N2O4. The Labute approximate surface area is 107 Å². The summed E-state index contributed by atoms with van der Waals surface area (Å²) in [6, 6.07) is -0.0868. The number of carboxylic acids is 1. The molecule has 1 aliphatic rings. The zero-order chi connectivity index (χ0) is 13.4. The van der Waals surface area contributed by atoms with Crippen molar-refractivity contribution in [3.63, 3.8) is 0 Å². The molecule has 104 valence electrons. The normalized spacial score (nSPS) is 16.6. The fourth-order valence-corrected chi connectivity index (χ4v) is 2.09. The number of aliphatic carboxylic acids is 1. The van der Waals surface area contributed by atoms with E-state index in [9.17, 15) is 9.59 Å². The zero-order valence-corrected chi connectivity index (χ0v) is 10.9. The van der Waals surface area contributed by atoms with Crippen LogP contribution in [0.4, 0.5) is 4.79 Å². The van der Waals surface area contributed by atoms with Gasteiger partial charge in [-0.1, -0.05) is 0 Å². The molecule has 1 heterocycles. The predicted octanol–water partition coefficient (Wildman–Crippen LogP) is 0.919. The van der Waals surface area contributed by atoms with Crippen LogP contribution in [0.15, 0.2) is 0 Å². The van der Waals surface area contributed by atoms with Crippen molar-refractivity contribution in [1.29, 1.82) is 0 Å². The van der Waals surface area contributed by atoms with Crippen molar-refractivity contribution in [1.82, 2.24) is 10.2 Å². The summed E-state index contributed by atoms with van der Waals surface area (Å²) >= 11 is 0. The van der Waals surface area contributed by atoms with Crippen molar-refractivity contribution < 1.29 is 19.4 Å². The average molecular weight is 258 g/mol. The molecule has 0 aliphatic carbocycles. The minimum atomic E-state index is -0.829. The Kier molecular flexibility index (Phi) is 6.49. The maximum Gasteiger partial charge on any atom is 0.317 e. The molecule has 18 heavy (non-hydrogen) atoms. The van der Waals surface area contributed by atoms with Crippen molar-refractivity contribution in [3.8, 4) is 0 Å². The van der Waals surface area contributed by atoms with Gasteiger partial charge >= 0.3 is 12.0 Å². The maximum atomic E-state index is 11.7. The van der Waals surface area contributed by atoms with Gasteiger partial charge in [-0.2, -0.15) is 0 Å². The van der Waals surface area contributed by atoms with Crippen LogP contribution in [0.1, 0.15) is 25.7 Å². The summed E-state index contributed by atoms with van der Waals surface area (Å²) in [7, 11) is 1.70. The van der Waals surface area contributed by atoms with E-state index >= 15 is 0 Å². The summed E-state index contributed by atoms with van der Waals surface area (Å²) in [4.78, 5) is 23.8. The van der Waals surface area contributed by atoms with Crippen LogP contribution < -0.4 is 5.32 Å². The number of nitrogens with zero attached hydrogens (tertiary/aromatic N) is 1. The molecule has 0 spiro atoms. The number of nitrogens with one attached hydrogen (secondary N) is 1. The van der Waals surface area contributed by atoms with Gasteiger partial charge in [0.25, 0.3) is 0 Å². The van der Waals surface area contributed by atoms with Crippen molar-refractivity contribution in [2.45, 2.75) is 25.7 Å². The van der Waals surface area contributed by atoms with Crippen LogP contribution >= 0.6 is 0 Å². The highest BCUT2D eigenvalue weighted by atomic mass is 16.5. The molecular weight excluding hydrogens is 236 g/mol. The second-order valence-corrected chi connectivity index (χ2v) is 4.61. The van der Waals surface area contributed by atoms with E-state index in [0.717, 1.165) is 32.5 Å². The van der Waals surface area contributed by atoms with Gasteiger partial charge in [0.05, 0.1) is 0 Å². The lowest BCUT2D eigenvalue weighted by atomic mass is 9.98. The van der Waals surface area contributed by atoms with Crippen molar-refractivity contribution in [2.75, 3.05) is 33.4 Å². The number of hydrogen-bond acceptors (Lipinski definition) is 3. The Bertz CT molecular complexity index is 275. The molecule has 6 nitrogen and oxygen atoms in total. The van der Waals surface area contributed by atoms with Crippen LogP contribution in [0, 0.1) is 5.92 Å². The molecule has 0 atom stereocenters. The lowest BCUT2D eigenvalue weighted by molar-refractivity contribution is -0.137. The highest BCUT2D eigenvalue weighted by Crippen LogP contribution is 2.17. The number of urea groups is 1. The van der Waals surface area contributed by atoms with E-state index in [4.69, 9.17) is 9.84 Å². The van der Waals surface area contributed by atoms with E-state index in [0.29, 0.717) is 18.9 Å². The Morgan fingerprint density at radius 2 is 2.06 bits per heavy atom. The standard InChI is InChI=1S/C12H22N2O4/c1-18-9-10-4-7-14(8-5-10)12(17)13-6-2-3-11(15)16/h10H,2-9H2,1H3,(H,13,17)(H,15,16). The monoisotopic (exact) mass is 258 g/mol. The van der Waals surface area contributed by atoms with Gasteiger partial charge in [-0.3, -0.25) is 4.79 Å². The molecule has 2 N–H and O–H groups in total. The summed E-state index contributed by atoms with van der Waals surface area (Å²) in [5.74, 6) is -0.282. The number of methoxy groups -OCH3 is 1. The molecule has 0 aromatic rings. The van der Waals surface area contributed by atoms with Crippen LogP contribution in [0.2, 0.25) is 0 Å². The minimum absolute atomic E-state index is 0.0868. The Morgan fingerprint density at radius 3 is 2.61 bits per heavy atom. The second-order valence-electron chi connectivity index (χ2n) is 4.61. The van der Waals surface area contributed by atoms with Gasteiger partial charge < -0.3 is 20.1 Å². The third kappa shape index (κ3) is 5.35. The van der Waals surface area contributed by atoms with Gasteiger partial charge in [0, 0.05) is 39.8 Å². The van der Waals surface area contributed by atoms with Gasteiger partial charge in [-0.05, 0) is 25.2 Å². The van der Waals surface area contributed by atoms with Crippen LogP contribution in [-0.2, 0) is 9.53 Å². The van der Waals surface area contributed by atoms with Crippen LogP contribution in [0.3, 0.4) is 0 Å². The molecule has 0 aromatic heterocycles. The molecule has 0 radical (unpaired) electrons. The van der Waals surface area contributed by atoms with Crippen LogP contribution in [-0.4, -0.2) is 55.4 Å². The number of hydrogen-bond donors (Lipinski definition) is 2. The molecule has 1 saturated heterocycles. The van der Waals surface area contributed by atoms with E-state index in [1.54, 1.807) is 12.0 Å². The molecule has 1 aliphatic heterocycles. The molecule has 0 aromatic carbocycles. The third-order valence-electron chi connectivity index (χ3n) is 3.15. The molecule has 1 fully saturated rings. The highest BCUT2D eigenvalue weighted by Gasteiger charge is 2.22. The number of carbonyl (C=O) groups excluding carboxylic acids is 1. The summed E-state index contributed by atoms with van der Waals surface area (Å²) < 4.78 is 5.10. The van der Waals surface area contributed by atoms with Crippen molar-refractivity contribution in [2.24, 2.45) is 5.92 Å². The first kappa shape index (κ1) is 14.8. The predicted molar refractivity (Wildman–Crippen MR) is 66.4 cm³/mol. The number of ether oxygens (including phenoxy) is 1. The lowest BCUT2D eigenvalue weighted by Gasteiger charge is -2.31. The highest BCUT2D eigenvalue weighted by molar-refractivity contribution is 5.74. The molecule has 0 saturated carbocycles. The van der Waals surface area contributed by atoms with Crippen LogP contribution in [0.5, 0.6) is 0 Å². The van der Waals surface area contributed by atoms with Gasteiger partial charge in [-0.15, -0.1) is 0 Å². The zero-order valence-electron chi connectivity index (χ0n) is 10.9. The van der Waals surface area contributed by atoms with Crippen molar-refractivity contribution >= 4 is 12.0 Å². The largest absolute Gasteiger partial charge is 0.481 e. The SMILES string of the molecule is COCC1CCN(C(=O)NCCCC(=O)O)CC1. The van der Waals surface area contributed by atoms with E-state index in [1.807, 2.05) is 0 Å².